The molecule has 1 aromatic heterocycles. The van der Waals surface area contributed by atoms with Gasteiger partial charge in [0.2, 0.25) is 5.95 Å². The van der Waals surface area contributed by atoms with E-state index in [1.54, 1.807) is 12.4 Å². The smallest absolute Gasteiger partial charge is 0.225 e. The van der Waals surface area contributed by atoms with Gasteiger partial charge in [-0.3, -0.25) is 4.99 Å². The first-order valence-corrected chi connectivity index (χ1v) is 9.84. The number of nitrogens with zero attached hydrogens (tertiary/aromatic N) is 5. The van der Waals surface area contributed by atoms with Gasteiger partial charge in [0.1, 0.15) is 0 Å². The molecule has 0 radical (unpaired) electrons. The molecule has 1 aliphatic heterocycles. The van der Waals surface area contributed by atoms with Gasteiger partial charge >= 0.3 is 0 Å². The Kier molecular flexibility index (Phi) is 10.9. The average Bonchev–Trinajstić information content (AvgIpc) is 2.71. The first-order valence-electron chi connectivity index (χ1n) is 9.84. The van der Waals surface area contributed by atoms with Crippen molar-refractivity contribution < 1.29 is 5.11 Å². The summed E-state index contributed by atoms with van der Waals surface area (Å²) >= 11 is 0. The van der Waals surface area contributed by atoms with Crippen molar-refractivity contribution in [3.8, 4) is 0 Å². The number of halogens is 1. The highest BCUT2D eigenvalue weighted by molar-refractivity contribution is 14.0. The summed E-state index contributed by atoms with van der Waals surface area (Å²) in [4.78, 5) is 18.2. The minimum Gasteiger partial charge on any atom is -0.396 e. The molecule has 154 valence electrons. The lowest BCUT2D eigenvalue weighted by atomic mass is 9.79. The number of rotatable bonds is 8. The van der Waals surface area contributed by atoms with Crippen LogP contribution in [0.5, 0.6) is 0 Å². The molecule has 1 aliphatic rings. The molecule has 27 heavy (non-hydrogen) atoms. The van der Waals surface area contributed by atoms with Crippen molar-refractivity contribution in [1.29, 1.82) is 0 Å². The molecule has 1 aromatic rings. The van der Waals surface area contributed by atoms with Crippen LogP contribution >= 0.6 is 24.0 Å². The molecule has 2 heterocycles. The van der Waals surface area contributed by atoms with Gasteiger partial charge in [-0.25, -0.2) is 9.97 Å². The molecule has 0 unspecified atom stereocenters. The Morgan fingerprint density at radius 1 is 1.15 bits per heavy atom. The predicted molar refractivity (Wildman–Crippen MR) is 122 cm³/mol. The number of nitrogens with one attached hydrogen (secondary N) is 1. The molecule has 8 heteroatoms. The van der Waals surface area contributed by atoms with E-state index in [-0.39, 0.29) is 36.0 Å². The maximum Gasteiger partial charge on any atom is 0.225 e. The zero-order valence-electron chi connectivity index (χ0n) is 16.9. The van der Waals surface area contributed by atoms with Crippen LogP contribution in [0.15, 0.2) is 23.5 Å². The third-order valence-electron chi connectivity index (χ3n) is 5.46. The van der Waals surface area contributed by atoms with E-state index in [1.165, 1.54) is 0 Å². The molecule has 1 saturated heterocycles. The summed E-state index contributed by atoms with van der Waals surface area (Å²) in [6.45, 7) is 11.9. The highest BCUT2D eigenvalue weighted by atomic mass is 127. The van der Waals surface area contributed by atoms with E-state index in [1.807, 2.05) is 6.07 Å². The third-order valence-corrected chi connectivity index (χ3v) is 5.46. The number of hydrogen-bond donors (Lipinski definition) is 2. The van der Waals surface area contributed by atoms with Crippen LogP contribution in [0.4, 0.5) is 5.95 Å². The topological polar surface area (TPSA) is 76.9 Å². The van der Waals surface area contributed by atoms with Crippen molar-refractivity contribution in [3.05, 3.63) is 18.5 Å². The monoisotopic (exact) mass is 490 g/mol. The largest absolute Gasteiger partial charge is 0.396 e. The summed E-state index contributed by atoms with van der Waals surface area (Å²) in [7, 11) is 0. The maximum absolute atomic E-state index is 9.43. The van der Waals surface area contributed by atoms with Crippen molar-refractivity contribution in [1.82, 2.24) is 20.2 Å². The van der Waals surface area contributed by atoms with Crippen molar-refractivity contribution in [3.63, 3.8) is 0 Å². The molecule has 0 amide bonds. The number of anilines is 1. The maximum atomic E-state index is 9.43. The summed E-state index contributed by atoms with van der Waals surface area (Å²) in [5, 5.41) is 12.9. The number of aliphatic hydroxyl groups is 1. The molecular weight excluding hydrogens is 455 g/mol. The highest BCUT2D eigenvalue weighted by Crippen LogP contribution is 2.30. The summed E-state index contributed by atoms with van der Waals surface area (Å²) in [5.74, 6) is 1.78. The molecular formula is C19H35IN6O. The fourth-order valence-corrected chi connectivity index (χ4v) is 3.38. The van der Waals surface area contributed by atoms with Crippen molar-refractivity contribution in [2.45, 2.75) is 40.0 Å². The van der Waals surface area contributed by atoms with E-state index >= 15 is 0 Å². The van der Waals surface area contributed by atoms with Gasteiger partial charge in [-0.05, 0) is 37.7 Å². The van der Waals surface area contributed by atoms with Gasteiger partial charge in [0.15, 0.2) is 5.96 Å². The lowest BCUT2D eigenvalue weighted by Crippen LogP contribution is -2.53. The van der Waals surface area contributed by atoms with Crippen molar-refractivity contribution >= 4 is 35.9 Å². The summed E-state index contributed by atoms with van der Waals surface area (Å²) in [5.41, 5.74) is 0.0924. The second-order valence-electron chi connectivity index (χ2n) is 6.87. The molecule has 2 rings (SSSR count). The Balaban J connectivity index is 0.00000364. The van der Waals surface area contributed by atoms with Crippen LogP contribution < -0.4 is 10.2 Å². The van der Waals surface area contributed by atoms with Crippen LogP contribution in [0.3, 0.4) is 0 Å². The Bertz CT molecular complexity index is 544. The van der Waals surface area contributed by atoms with Crippen molar-refractivity contribution in [2.24, 2.45) is 10.4 Å². The van der Waals surface area contributed by atoms with E-state index in [0.717, 1.165) is 70.4 Å². The summed E-state index contributed by atoms with van der Waals surface area (Å²) in [6.07, 6.45) is 6.45. The van der Waals surface area contributed by atoms with Gasteiger partial charge in [0.25, 0.3) is 0 Å². The third kappa shape index (κ3) is 6.74. The molecule has 0 atom stereocenters. The van der Waals surface area contributed by atoms with E-state index < -0.39 is 0 Å². The van der Waals surface area contributed by atoms with Gasteiger partial charge in [0, 0.05) is 58.3 Å². The van der Waals surface area contributed by atoms with Gasteiger partial charge in [0.05, 0.1) is 0 Å². The summed E-state index contributed by atoms with van der Waals surface area (Å²) < 4.78 is 0. The lowest BCUT2D eigenvalue weighted by molar-refractivity contribution is 0.175. The lowest BCUT2D eigenvalue weighted by Gasteiger charge is -2.37. The Morgan fingerprint density at radius 3 is 2.30 bits per heavy atom. The number of guanidine groups is 1. The van der Waals surface area contributed by atoms with Crippen LogP contribution in [0, 0.1) is 5.41 Å². The fourth-order valence-electron chi connectivity index (χ4n) is 3.38. The fraction of sp³-hybridized carbons (Fsp3) is 0.737. The minimum atomic E-state index is 0. The molecule has 0 bridgehead atoms. The second kappa shape index (κ2) is 12.3. The highest BCUT2D eigenvalue weighted by Gasteiger charge is 2.27. The molecule has 0 spiro atoms. The first kappa shape index (κ1) is 23.9. The average molecular weight is 490 g/mol. The Morgan fingerprint density at radius 2 is 1.78 bits per heavy atom. The zero-order chi connectivity index (χ0) is 18.8. The van der Waals surface area contributed by atoms with Crippen LogP contribution in [0.25, 0.3) is 0 Å². The van der Waals surface area contributed by atoms with Gasteiger partial charge < -0.3 is 20.2 Å². The molecule has 0 aliphatic carbocycles. The van der Waals surface area contributed by atoms with Crippen LogP contribution in [-0.4, -0.2) is 71.8 Å². The van der Waals surface area contributed by atoms with Crippen LogP contribution in [-0.2, 0) is 0 Å². The minimum absolute atomic E-state index is 0. The van der Waals surface area contributed by atoms with E-state index in [4.69, 9.17) is 4.99 Å². The second-order valence-corrected chi connectivity index (χ2v) is 6.87. The van der Waals surface area contributed by atoms with Gasteiger partial charge in [-0.15, -0.1) is 24.0 Å². The van der Waals surface area contributed by atoms with Crippen molar-refractivity contribution in [2.75, 3.05) is 50.8 Å². The molecule has 1 fully saturated rings. The van der Waals surface area contributed by atoms with Crippen LogP contribution in [0.1, 0.15) is 40.0 Å². The standard InChI is InChI=1S/C19H34N6O.HI/c1-4-19(5-2,8-15-26)16-23-17(20-6-3)24-11-13-25(14-12-24)18-21-9-7-10-22-18;/h7,9-10,26H,4-6,8,11-16H2,1-3H3,(H,20,23);1H. The normalized spacial score (nSPS) is 15.5. The molecule has 0 saturated carbocycles. The zero-order valence-corrected chi connectivity index (χ0v) is 19.2. The predicted octanol–water partition coefficient (Wildman–Crippen LogP) is 2.37. The number of aromatic nitrogens is 2. The molecule has 2 N–H and O–H groups in total. The number of hydrogen-bond acceptors (Lipinski definition) is 5. The number of aliphatic imine (C=N–C) groups is 1. The first-order chi connectivity index (χ1) is 12.7. The van der Waals surface area contributed by atoms with Crippen LogP contribution in [0.2, 0.25) is 0 Å². The Labute approximate surface area is 180 Å². The van der Waals surface area contributed by atoms with Gasteiger partial charge in [-0.1, -0.05) is 13.8 Å². The Hall–Kier alpha value is -1.16. The van der Waals surface area contributed by atoms with E-state index in [9.17, 15) is 5.11 Å². The van der Waals surface area contributed by atoms with E-state index in [2.05, 4.69) is 45.9 Å². The number of piperazine rings is 1. The van der Waals surface area contributed by atoms with Gasteiger partial charge in [-0.2, -0.15) is 0 Å². The quantitative estimate of drug-likeness (QED) is 0.331. The van der Waals surface area contributed by atoms with E-state index in [0.29, 0.717) is 0 Å². The SMILES string of the molecule is CCNC(=NCC(CC)(CC)CCO)N1CCN(c2ncccn2)CC1.I. The number of aliphatic hydroxyl groups excluding tert-OH is 1. The molecule has 0 aromatic carbocycles. The summed E-state index contributed by atoms with van der Waals surface area (Å²) in [6, 6.07) is 1.84. The molecule has 7 nitrogen and oxygen atoms in total.